The summed E-state index contributed by atoms with van der Waals surface area (Å²) in [4.78, 5) is 16.7. The van der Waals surface area contributed by atoms with Crippen molar-refractivity contribution in [3.63, 3.8) is 0 Å². The summed E-state index contributed by atoms with van der Waals surface area (Å²) in [5.41, 5.74) is 1.13. The average Bonchev–Trinajstić information content (AvgIpc) is 2.60. The van der Waals surface area contributed by atoms with Crippen LogP contribution in [0.4, 0.5) is 0 Å². The van der Waals surface area contributed by atoms with Gasteiger partial charge in [0.05, 0.1) is 12.6 Å². The molecule has 3 aromatic rings. The molecule has 4 nitrogen and oxygen atoms in total. The molecule has 0 fully saturated rings. The summed E-state index contributed by atoms with van der Waals surface area (Å²) in [7, 11) is 0. The van der Waals surface area contributed by atoms with Crippen LogP contribution in [-0.4, -0.2) is 22.6 Å². The maximum absolute atomic E-state index is 12.6. The minimum Gasteiger partial charge on any atom is -0.394 e. The molecule has 0 spiro atoms. The molecule has 0 aliphatic heterocycles. The van der Waals surface area contributed by atoms with Gasteiger partial charge in [0.2, 0.25) is 0 Å². The normalized spacial score (nSPS) is 12.1. The number of fused-ring (bicyclic) bond motifs is 1. The van der Waals surface area contributed by atoms with Gasteiger partial charge >= 0.3 is 0 Å². The van der Waals surface area contributed by atoms with E-state index in [2.05, 4.69) is 10.3 Å². The molecule has 23 heavy (non-hydrogen) atoms. The third-order valence-corrected chi connectivity index (χ3v) is 3.90. The number of carbonyl (C=O) groups excluding carboxylic acids is 1. The quantitative estimate of drug-likeness (QED) is 0.773. The van der Waals surface area contributed by atoms with Crippen molar-refractivity contribution in [2.75, 3.05) is 6.61 Å². The van der Waals surface area contributed by atoms with Gasteiger partial charge in [-0.3, -0.25) is 9.78 Å². The van der Waals surface area contributed by atoms with Gasteiger partial charge in [0.25, 0.3) is 5.91 Å². The molecule has 1 unspecified atom stereocenters. The van der Waals surface area contributed by atoms with E-state index in [9.17, 15) is 9.90 Å². The Bertz CT molecular complexity index is 829. The molecule has 1 heterocycles. The number of halogens is 1. The minimum absolute atomic E-state index is 0.210. The third-order valence-electron chi connectivity index (χ3n) is 3.65. The number of nitrogens with one attached hydrogen (secondary N) is 1. The van der Waals surface area contributed by atoms with Gasteiger partial charge in [-0.1, -0.05) is 48.0 Å². The van der Waals surface area contributed by atoms with E-state index in [0.29, 0.717) is 10.7 Å². The Balaban J connectivity index is 1.88. The molecule has 5 heteroatoms. The molecule has 0 aliphatic rings. The molecular formula is C18H15ClN2O2. The maximum Gasteiger partial charge on any atom is 0.271 e. The first-order valence-electron chi connectivity index (χ1n) is 7.20. The van der Waals surface area contributed by atoms with Gasteiger partial charge in [0, 0.05) is 16.6 Å². The first-order valence-corrected chi connectivity index (χ1v) is 7.58. The number of carbonyl (C=O) groups is 1. The SMILES string of the molecule is O=C(NC(CO)c1ccc(Cl)cc1)c1nccc2ccccc12. The number of hydrogen-bond donors (Lipinski definition) is 2. The number of hydrogen-bond acceptors (Lipinski definition) is 3. The molecule has 1 aromatic heterocycles. The molecule has 0 saturated carbocycles. The lowest BCUT2D eigenvalue weighted by molar-refractivity contribution is 0.0913. The highest BCUT2D eigenvalue weighted by Gasteiger charge is 2.17. The van der Waals surface area contributed by atoms with E-state index in [1.807, 2.05) is 30.3 Å². The van der Waals surface area contributed by atoms with Gasteiger partial charge in [-0.25, -0.2) is 0 Å². The van der Waals surface area contributed by atoms with E-state index >= 15 is 0 Å². The van der Waals surface area contributed by atoms with Gasteiger partial charge in [-0.05, 0) is 29.1 Å². The first-order chi connectivity index (χ1) is 11.2. The number of amides is 1. The highest BCUT2D eigenvalue weighted by Crippen LogP contribution is 2.19. The van der Waals surface area contributed by atoms with Crippen molar-refractivity contribution < 1.29 is 9.90 Å². The summed E-state index contributed by atoms with van der Waals surface area (Å²) < 4.78 is 0. The largest absolute Gasteiger partial charge is 0.394 e. The molecular weight excluding hydrogens is 312 g/mol. The van der Waals surface area contributed by atoms with Crippen molar-refractivity contribution in [2.24, 2.45) is 0 Å². The standard InChI is InChI=1S/C18H15ClN2O2/c19-14-7-5-13(6-8-14)16(11-22)21-18(23)17-15-4-2-1-3-12(15)9-10-20-17/h1-10,16,22H,11H2,(H,21,23). The van der Waals surface area contributed by atoms with Crippen LogP contribution in [0.2, 0.25) is 5.02 Å². The summed E-state index contributed by atoms with van der Waals surface area (Å²) in [6.07, 6.45) is 1.60. The van der Waals surface area contributed by atoms with Crippen LogP contribution in [0.25, 0.3) is 10.8 Å². The smallest absolute Gasteiger partial charge is 0.271 e. The molecule has 3 rings (SSSR count). The van der Waals surface area contributed by atoms with Gasteiger partial charge in [0.15, 0.2) is 0 Å². The number of benzene rings is 2. The molecule has 1 amide bonds. The van der Waals surface area contributed by atoms with E-state index in [0.717, 1.165) is 16.3 Å². The van der Waals surface area contributed by atoms with Crippen LogP contribution in [0.1, 0.15) is 22.1 Å². The topological polar surface area (TPSA) is 62.2 Å². The zero-order valence-corrected chi connectivity index (χ0v) is 13.0. The van der Waals surface area contributed by atoms with E-state index in [1.54, 1.807) is 30.5 Å². The summed E-state index contributed by atoms with van der Waals surface area (Å²) in [6.45, 7) is -0.210. The summed E-state index contributed by atoms with van der Waals surface area (Å²) >= 11 is 5.87. The van der Waals surface area contributed by atoms with Crippen molar-refractivity contribution >= 4 is 28.3 Å². The lowest BCUT2D eigenvalue weighted by Crippen LogP contribution is -2.31. The highest BCUT2D eigenvalue weighted by molar-refractivity contribution is 6.30. The van der Waals surface area contributed by atoms with Crippen molar-refractivity contribution in [2.45, 2.75) is 6.04 Å². The zero-order valence-electron chi connectivity index (χ0n) is 12.2. The molecule has 0 bridgehead atoms. The summed E-state index contributed by atoms with van der Waals surface area (Å²) in [6, 6.07) is 15.9. The van der Waals surface area contributed by atoms with E-state index in [-0.39, 0.29) is 12.5 Å². The van der Waals surface area contributed by atoms with Crippen LogP contribution in [-0.2, 0) is 0 Å². The fraction of sp³-hybridized carbons (Fsp3) is 0.111. The molecule has 0 saturated heterocycles. The summed E-state index contributed by atoms with van der Waals surface area (Å²) in [5, 5.41) is 14.7. The Morgan fingerprint density at radius 2 is 1.87 bits per heavy atom. The molecule has 0 radical (unpaired) electrons. The predicted molar refractivity (Wildman–Crippen MR) is 90.5 cm³/mol. The van der Waals surface area contributed by atoms with E-state index in [1.165, 1.54) is 0 Å². The van der Waals surface area contributed by atoms with Crippen molar-refractivity contribution in [1.82, 2.24) is 10.3 Å². The lowest BCUT2D eigenvalue weighted by Gasteiger charge is -2.17. The van der Waals surface area contributed by atoms with Crippen LogP contribution in [0.3, 0.4) is 0 Å². The van der Waals surface area contributed by atoms with Crippen LogP contribution in [0, 0.1) is 0 Å². The van der Waals surface area contributed by atoms with Crippen LogP contribution in [0.5, 0.6) is 0 Å². The number of rotatable bonds is 4. The Hall–Kier alpha value is -2.43. The number of nitrogens with zero attached hydrogens (tertiary/aromatic N) is 1. The van der Waals surface area contributed by atoms with Crippen molar-refractivity contribution in [3.8, 4) is 0 Å². The van der Waals surface area contributed by atoms with E-state index in [4.69, 9.17) is 11.6 Å². The zero-order chi connectivity index (χ0) is 16.2. The molecule has 1 atom stereocenters. The molecule has 0 aliphatic carbocycles. The van der Waals surface area contributed by atoms with Gasteiger partial charge in [0.1, 0.15) is 5.69 Å². The Kier molecular flexibility index (Phi) is 4.55. The Morgan fingerprint density at radius 3 is 2.61 bits per heavy atom. The first kappa shape index (κ1) is 15.5. The number of aliphatic hydroxyl groups is 1. The molecule has 116 valence electrons. The second kappa shape index (κ2) is 6.77. The van der Waals surface area contributed by atoms with Crippen LogP contribution < -0.4 is 5.32 Å². The second-order valence-electron chi connectivity index (χ2n) is 5.14. The summed E-state index contributed by atoms with van der Waals surface area (Å²) in [5.74, 6) is -0.323. The maximum atomic E-state index is 12.6. The Morgan fingerprint density at radius 1 is 1.13 bits per heavy atom. The number of aromatic nitrogens is 1. The van der Waals surface area contributed by atoms with Gasteiger partial charge in [-0.2, -0.15) is 0 Å². The van der Waals surface area contributed by atoms with Gasteiger partial charge in [-0.15, -0.1) is 0 Å². The number of aliphatic hydroxyl groups excluding tert-OH is 1. The fourth-order valence-electron chi connectivity index (χ4n) is 2.46. The second-order valence-corrected chi connectivity index (χ2v) is 5.58. The Labute approximate surface area is 138 Å². The van der Waals surface area contributed by atoms with Crippen molar-refractivity contribution in [3.05, 3.63) is 77.1 Å². The van der Waals surface area contributed by atoms with Gasteiger partial charge < -0.3 is 10.4 Å². The molecule has 2 aromatic carbocycles. The number of pyridine rings is 1. The minimum atomic E-state index is -0.513. The predicted octanol–water partition coefficient (Wildman–Crippen LogP) is 3.35. The fourth-order valence-corrected chi connectivity index (χ4v) is 2.58. The lowest BCUT2D eigenvalue weighted by atomic mass is 10.1. The highest BCUT2D eigenvalue weighted by atomic mass is 35.5. The van der Waals surface area contributed by atoms with Crippen molar-refractivity contribution in [1.29, 1.82) is 0 Å². The van der Waals surface area contributed by atoms with Crippen LogP contribution >= 0.6 is 11.6 Å². The van der Waals surface area contributed by atoms with E-state index < -0.39 is 6.04 Å². The third kappa shape index (κ3) is 3.33. The monoisotopic (exact) mass is 326 g/mol. The molecule has 2 N–H and O–H groups in total. The van der Waals surface area contributed by atoms with Crippen LogP contribution in [0.15, 0.2) is 60.8 Å². The average molecular weight is 327 g/mol.